The molecule has 1 heterocycles. The summed E-state index contributed by atoms with van der Waals surface area (Å²) in [5.74, 6) is -0.458. The number of thioether (sulfide) groups is 1. The van der Waals surface area contributed by atoms with Crippen molar-refractivity contribution in [1.82, 2.24) is 4.90 Å². The summed E-state index contributed by atoms with van der Waals surface area (Å²) in [6, 6.07) is 0. The number of carbonyl (C=O) groups excluding carboxylic acids is 3. The molecule has 0 spiro atoms. The molecule has 0 radical (unpaired) electrons. The van der Waals surface area contributed by atoms with Crippen molar-refractivity contribution in [3.8, 4) is 0 Å². The number of rotatable bonds is 4. The summed E-state index contributed by atoms with van der Waals surface area (Å²) < 4.78 is 4.89. The van der Waals surface area contributed by atoms with Gasteiger partial charge in [0.15, 0.2) is 0 Å². The zero-order valence-electron chi connectivity index (χ0n) is 9.39. The van der Waals surface area contributed by atoms with Gasteiger partial charge in [-0.1, -0.05) is 6.92 Å². The highest BCUT2D eigenvalue weighted by molar-refractivity contribution is 8.00. The Morgan fingerprint density at radius 2 is 2.25 bits per heavy atom. The standard InChI is InChI=1S/C10H15NO4S/c1-3-16-10(15-7(2)12)9(14)11-6-4-5-8(11)13/h10H,3-6H2,1-2H3. The van der Waals surface area contributed by atoms with Gasteiger partial charge in [-0.05, 0) is 12.2 Å². The number of hydrogen-bond acceptors (Lipinski definition) is 5. The fourth-order valence-electron chi connectivity index (χ4n) is 1.47. The van der Waals surface area contributed by atoms with Gasteiger partial charge in [0.1, 0.15) is 0 Å². The van der Waals surface area contributed by atoms with Gasteiger partial charge in [0, 0.05) is 19.9 Å². The Labute approximate surface area is 98.5 Å². The first-order valence-electron chi connectivity index (χ1n) is 5.19. The van der Waals surface area contributed by atoms with Gasteiger partial charge in [-0.2, -0.15) is 0 Å². The van der Waals surface area contributed by atoms with E-state index < -0.39 is 17.3 Å². The highest BCUT2D eigenvalue weighted by atomic mass is 32.2. The number of esters is 1. The molecule has 0 aromatic heterocycles. The van der Waals surface area contributed by atoms with E-state index in [2.05, 4.69) is 0 Å². The molecule has 1 rings (SSSR count). The number of nitrogens with zero attached hydrogens (tertiary/aromatic N) is 1. The summed E-state index contributed by atoms with van der Waals surface area (Å²) >= 11 is 1.22. The third-order valence-corrected chi connectivity index (χ3v) is 3.07. The Kier molecular flexibility index (Phi) is 4.79. The average molecular weight is 245 g/mol. The largest absolute Gasteiger partial charge is 0.441 e. The van der Waals surface area contributed by atoms with Crippen LogP contribution in [0.4, 0.5) is 0 Å². The minimum atomic E-state index is -0.885. The van der Waals surface area contributed by atoms with Crippen molar-refractivity contribution in [1.29, 1.82) is 0 Å². The van der Waals surface area contributed by atoms with Crippen molar-refractivity contribution in [3.05, 3.63) is 0 Å². The van der Waals surface area contributed by atoms with Gasteiger partial charge >= 0.3 is 5.97 Å². The van der Waals surface area contributed by atoms with Crippen LogP contribution in [0.3, 0.4) is 0 Å². The number of hydrogen-bond donors (Lipinski definition) is 0. The van der Waals surface area contributed by atoms with Gasteiger partial charge in [0.2, 0.25) is 11.3 Å². The molecule has 1 atom stereocenters. The summed E-state index contributed by atoms with van der Waals surface area (Å²) in [4.78, 5) is 35.3. The highest BCUT2D eigenvalue weighted by Gasteiger charge is 2.33. The van der Waals surface area contributed by atoms with Crippen LogP contribution in [0, 0.1) is 0 Å². The fourth-order valence-corrected chi connectivity index (χ4v) is 2.24. The lowest BCUT2D eigenvalue weighted by atomic mass is 10.4. The van der Waals surface area contributed by atoms with Gasteiger partial charge in [-0.15, -0.1) is 11.8 Å². The van der Waals surface area contributed by atoms with Crippen LogP contribution in [0.2, 0.25) is 0 Å². The van der Waals surface area contributed by atoms with Gasteiger partial charge in [0.25, 0.3) is 5.91 Å². The van der Waals surface area contributed by atoms with Crippen LogP contribution in [0.15, 0.2) is 0 Å². The second-order valence-corrected chi connectivity index (χ2v) is 4.72. The molecule has 0 bridgehead atoms. The Bertz CT molecular complexity index is 305. The smallest absolute Gasteiger partial charge is 0.304 e. The molecule has 0 N–H and O–H groups in total. The van der Waals surface area contributed by atoms with E-state index in [1.165, 1.54) is 23.6 Å². The summed E-state index contributed by atoms with van der Waals surface area (Å²) in [7, 11) is 0. The maximum absolute atomic E-state index is 11.9. The third kappa shape index (κ3) is 3.23. The van der Waals surface area contributed by atoms with Crippen LogP contribution < -0.4 is 0 Å². The SMILES string of the molecule is CCSC(OC(C)=O)C(=O)N1CCCC1=O. The lowest BCUT2D eigenvalue weighted by Gasteiger charge is -2.20. The minimum Gasteiger partial charge on any atom is -0.441 e. The molecular formula is C10H15NO4S. The minimum absolute atomic E-state index is 0.182. The van der Waals surface area contributed by atoms with Crippen LogP contribution in [0.1, 0.15) is 26.7 Å². The molecular weight excluding hydrogens is 230 g/mol. The molecule has 90 valence electrons. The summed E-state index contributed by atoms with van der Waals surface area (Å²) in [5.41, 5.74) is -0.885. The van der Waals surface area contributed by atoms with Gasteiger partial charge in [-0.3, -0.25) is 19.3 Å². The Morgan fingerprint density at radius 3 is 2.69 bits per heavy atom. The number of amides is 2. The number of carbonyl (C=O) groups is 3. The predicted molar refractivity (Wildman–Crippen MR) is 59.6 cm³/mol. The van der Waals surface area contributed by atoms with Gasteiger partial charge in [-0.25, -0.2) is 0 Å². The van der Waals surface area contributed by atoms with Crippen molar-refractivity contribution in [3.63, 3.8) is 0 Å². The first-order chi connectivity index (χ1) is 7.56. The van der Waals surface area contributed by atoms with Crippen molar-refractivity contribution in [2.45, 2.75) is 32.1 Å². The highest BCUT2D eigenvalue weighted by Crippen LogP contribution is 2.19. The summed E-state index contributed by atoms with van der Waals surface area (Å²) in [6.45, 7) is 3.54. The molecule has 0 aliphatic carbocycles. The first-order valence-corrected chi connectivity index (χ1v) is 6.24. The van der Waals surface area contributed by atoms with E-state index in [0.717, 1.165) is 0 Å². The lowest BCUT2D eigenvalue weighted by Crippen LogP contribution is -2.40. The predicted octanol–water partition coefficient (Wildman–Crippen LogP) is 0.778. The molecule has 5 nitrogen and oxygen atoms in total. The summed E-state index contributed by atoms with van der Waals surface area (Å²) in [5, 5.41) is 0. The Hall–Kier alpha value is -1.04. The summed E-state index contributed by atoms with van der Waals surface area (Å²) in [6.07, 6.45) is 1.09. The molecule has 0 saturated carbocycles. The molecule has 16 heavy (non-hydrogen) atoms. The second-order valence-electron chi connectivity index (χ2n) is 3.38. The van der Waals surface area contributed by atoms with E-state index >= 15 is 0 Å². The van der Waals surface area contributed by atoms with Crippen molar-refractivity contribution < 1.29 is 19.1 Å². The van der Waals surface area contributed by atoms with E-state index in [9.17, 15) is 14.4 Å². The Morgan fingerprint density at radius 1 is 1.56 bits per heavy atom. The second kappa shape index (κ2) is 5.89. The monoisotopic (exact) mass is 245 g/mol. The van der Waals surface area contributed by atoms with E-state index in [4.69, 9.17) is 4.74 Å². The molecule has 1 aliphatic rings. The van der Waals surface area contributed by atoms with Crippen molar-refractivity contribution in [2.75, 3.05) is 12.3 Å². The maximum atomic E-state index is 11.9. The van der Waals surface area contributed by atoms with Crippen LogP contribution in [0.25, 0.3) is 0 Å². The quantitative estimate of drug-likeness (QED) is 0.541. The lowest BCUT2D eigenvalue weighted by molar-refractivity contribution is -0.155. The van der Waals surface area contributed by atoms with Crippen molar-refractivity contribution in [2.24, 2.45) is 0 Å². The van der Waals surface area contributed by atoms with Crippen LogP contribution in [-0.2, 0) is 19.1 Å². The fraction of sp³-hybridized carbons (Fsp3) is 0.700. The number of ether oxygens (including phenoxy) is 1. The number of imide groups is 1. The topological polar surface area (TPSA) is 63.7 Å². The number of likely N-dealkylation sites (tertiary alicyclic amines) is 1. The Balaban J connectivity index is 2.65. The van der Waals surface area contributed by atoms with E-state index in [-0.39, 0.29) is 5.91 Å². The molecule has 1 aliphatic heterocycles. The zero-order valence-corrected chi connectivity index (χ0v) is 10.2. The molecule has 2 amide bonds. The third-order valence-electron chi connectivity index (χ3n) is 2.13. The molecule has 6 heteroatoms. The normalized spacial score (nSPS) is 17.4. The molecule has 1 saturated heterocycles. The first kappa shape index (κ1) is 13.0. The average Bonchev–Trinajstić information content (AvgIpc) is 2.62. The molecule has 1 unspecified atom stereocenters. The van der Waals surface area contributed by atoms with E-state index in [1.807, 2.05) is 6.92 Å². The van der Waals surface area contributed by atoms with Gasteiger partial charge in [0.05, 0.1) is 0 Å². The molecule has 0 aromatic rings. The van der Waals surface area contributed by atoms with E-state index in [1.54, 1.807) is 0 Å². The van der Waals surface area contributed by atoms with E-state index in [0.29, 0.717) is 25.1 Å². The van der Waals surface area contributed by atoms with Crippen LogP contribution >= 0.6 is 11.8 Å². The van der Waals surface area contributed by atoms with Crippen LogP contribution in [-0.4, -0.2) is 40.4 Å². The molecule has 1 fully saturated rings. The maximum Gasteiger partial charge on any atom is 0.304 e. The van der Waals surface area contributed by atoms with Crippen LogP contribution in [0.5, 0.6) is 0 Å². The van der Waals surface area contributed by atoms with Gasteiger partial charge < -0.3 is 4.74 Å². The molecule has 0 aromatic carbocycles. The van der Waals surface area contributed by atoms with Crippen molar-refractivity contribution >= 4 is 29.5 Å². The zero-order chi connectivity index (χ0) is 12.1.